The lowest BCUT2D eigenvalue weighted by Crippen LogP contribution is -2.29. The Morgan fingerprint density at radius 2 is 1.96 bits per heavy atom. The van der Waals surface area contributed by atoms with Gasteiger partial charge in [0, 0.05) is 11.1 Å². The average molecular weight is 373 g/mol. The van der Waals surface area contributed by atoms with Gasteiger partial charge in [0.15, 0.2) is 0 Å². The summed E-state index contributed by atoms with van der Waals surface area (Å²) >= 11 is 0. The highest BCUT2D eigenvalue weighted by Gasteiger charge is 2.34. The van der Waals surface area contributed by atoms with Crippen molar-refractivity contribution in [1.82, 2.24) is 30.4 Å². The molecule has 138 valence electrons. The van der Waals surface area contributed by atoms with E-state index in [2.05, 4.69) is 31.0 Å². The number of H-pyrrole nitrogens is 1. The minimum atomic E-state index is -0.404. The number of fused-ring (bicyclic) bond motifs is 2. The highest BCUT2D eigenvalue weighted by atomic mass is 16.5. The van der Waals surface area contributed by atoms with Crippen LogP contribution in [0.1, 0.15) is 17.2 Å². The topological polar surface area (TPSA) is 111 Å². The molecule has 2 aromatic heterocycles. The zero-order valence-electron chi connectivity index (χ0n) is 14.8. The molecule has 1 aliphatic heterocycles. The van der Waals surface area contributed by atoms with Crippen molar-refractivity contribution in [3.8, 4) is 17.0 Å². The van der Waals surface area contributed by atoms with Crippen LogP contribution in [0.3, 0.4) is 0 Å². The van der Waals surface area contributed by atoms with Crippen LogP contribution in [0.2, 0.25) is 0 Å². The van der Waals surface area contributed by atoms with Gasteiger partial charge in [-0.3, -0.25) is 4.79 Å². The summed E-state index contributed by atoms with van der Waals surface area (Å²) in [6.07, 6.45) is 0. The van der Waals surface area contributed by atoms with Crippen LogP contribution >= 0.6 is 0 Å². The number of nitrogens with one attached hydrogen (secondary N) is 2. The van der Waals surface area contributed by atoms with E-state index < -0.39 is 6.04 Å². The highest BCUT2D eigenvalue weighted by Crippen LogP contribution is 2.41. The van der Waals surface area contributed by atoms with E-state index in [-0.39, 0.29) is 5.56 Å². The summed E-state index contributed by atoms with van der Waals surface area (Å²) in [6, 6.07) is 16.9. The molecule has 0 amide bonds. The van der Waals surface area contributed by atoms with Gasteiger partial charge in [-0.1, -0.05) is 47.6 Å². The Bertz CT molecular complexity index is 1220. The smallest absolute Gasteiger partial charge is 0.288 e. The Morgan fingerprint density at radius 3 is 2.79 bits per heavy atom. The summed E-state index contributed by atoms with van der Waals surface area (Å²) in [5, 5.41) is 21.9. The number of aromatic amines is 1. The van der Waals surface area contributed by atoms with Crippen molar-refractivity contribution in [2.45, 2.75) is 6.04 Å². The number of aromatic nitrogens is 6. The molecule has 0 spiro atoms. The monoisotopic (exact) mass is 373 g/mol. The van der Waals surface area contributed by atoms with E-state index >= 15 is 0 Å². The first-order valence-electron chi connectivity index (χ1n) is 8.63. The van der Waals surface area contributed by atoms with Gasteiger partial charge in [0.1, 0.15) is 17.5 Å². The predicted octanol–water partition coefficient (Wildman–Crippen LogP) is 2.13. The normalized spacial score (nSPS) is 14.7. The summed E-state index contributed by atoms with van der Waals surface area (Å²) in [6.45, 7) is 0. The molecule has 0 saturated carbocycles. The van der Waals surface area contributed by atoms with Crippen LogP contribution in [0.25, 0.3) is 11.3 Å². The van der Waals surface area contributed by atoms with Gasteiger partial charge in [0.25, 0.3) is 5.56 Å². The van der Waals surface area contributed by atoms with Crippen molar-refractivity contribution in [1.29, 1.82) is 0 Å². The lowest BCUT2D eigenvalue weighted by Gasteiger charge is -2.27. The summed E-state index contributed by atoms with van der Waals surface area (Å²) in [5.41, 5.74) is 3.11. The molecule has 2 N–H and O–H groups in total. The third-order valence-corrected chi connectivity index (χ3v) is 4.73. The molecule has 0 aliphatic carbocycles. The molecule has 2 aromatic carbocycles. The zero-order valence-corrected chi connectivity index (χ0v) is 14.8. The number of benzene rings is 2. The fraction of sp³-hybridized carbons (Fsp3) is 0.105. The van der Waals surface area contributed by atoms with Crippen molar-refractivity contribution >= 4 is 11.6 Å². The van der Waals surface area contributed by atoms with Crippen LogP contribution in [-0.2, 0) is 0 Å². The maximum Gasteiger partial charge on any atom is 0.288 e. The Kier molecular flexibility index (Phi) is 3.64. The minimum Gasteiger partial charge on any atom is -0.497 e. The molecule has 0 radical (unpaired) electrons. The highest BCUT2D eigenvalue weighted by molar-refractivity contribution is 5.76. The Hall–Kier alpha value is -4.01. The largest absolute Gasteiger partial charge is 0.497 e. The molecule has 5 rings (SSSR count). The molecule has 0 bridgehead atoms. The predicted molar refractivity (Wildman–Crippen MR) is 102 cm³/mol. The van der Waals surface area contributed by atoms with E-state index in [1.807, 2.05) is 54.6 Å². The number of nitrogens with zero attached hydrogens (tertiary/aromatic N) is 5. The van der Waals surface area contributed by atoms with E-state index in [0.717, 1.165) is 11.1 Å². The van der Waals surface area contributed by atoms with Crippen molar-refractivity contribution in [3.05, 3.63) is 76.1 Å². The summed E-state index contributed by atoms with van der Waals surface area (Å²) in [7, 11) is 1.61. The first-order valence-corrected chi connectivity index (χ1v) is 8.63. The first-order chi connectivity index (χ1) is 13.8. The number of hydrogen-bond acceptors (Lipinski definition) is 7. The standard InChI is InChI=1S/C19H15N7O2/c1-28-13-9-5-8-12(10-13)15-14-16(18(27)22-21-15)20-19-23-24-25-26(19)17(14)11-6-3-2-4-7-11/h2-10,17H,1H3,(H,22,27)(H,20,23,25)/t17-/m0/s1. The number of anilines is 2. The molecule has 0 fully saturated rings. The second-order valence-corrected chi connectivity index (χ2v) is 6.31. The molecule has 28 heavy (non-hydrogen) atoms. The van der Waals surface area contributed by atoms with Gasteiger partial charge in [-0.25, -0.2) is 5.10 Å². The number of rotatable bonds is 3. The van der Waals surface area contributed by atoms with Crippen LogP contribution in [0.4, 0.5) is 11.6 Å². The van der Waals surface area contributed by atoms with Gasteiger partial charge in [-0.15, -0.1) is 0 Å². The molecular weight excluding hydrogens is 358 g/mol. The zero-order chi connectivity index (χ0) is 19.1. The van der Waals surface area contributed by atoms with Gasteiger partial charge < -0.3 is 10.1 Å². The molecule has 4 aromatic rings. The van der Waals surface area contributed by atoms with E-state index in [9.17, 15) is 4.79 Å². The number of ether oxygens (including phenoxy) is 1. The molecular formula is C19H15N7O2. The molecule has 0 saturated heterocycles. The third-order valence-electron chi connectivity index (χ3n) is 4.73. The van der Waals surface area contributed by atoms with Gasteiger partial charge in [-0.05, 0) is 28.1 Å². The van der Waals surface area contributed by atoms with Crippen molar-refractivity contribution in [2.24, 2.45) is 0 Å². The van der Waals surface area contributed by atoms with E-state index in [4.69, 9.17) is 4.74 Å². The SMILES string of the molecule is COc1cccc(-c2n[nH]c(=O)c3c2[C@H](c2ccccc2)n2nnnc2N3)c1. The van der Waals surface area contributed by atoms with Gasteiger partial charge in [-0.2, -0.15) is 9.78 Å². The number of methoxy groups -OCH3 is 1. The Morgan fingerprint density at radius 1 is 1.11 bits per heavy atom. The molecule has 0 unspecified atom stereocenters. The molecule has 1 atom stereocenters. The Labute approximate surface area is 159 Å². The fourth-order valence-electron chi connectivity index (χ4n) is 3.47. The summed E-state index contributed by atoms with van der Waals surface area (Å²) in [5.74, 6) is 1.09. The maximum atomic E-state index is 12.6. The summed E-state index contributed by atoms with van der Waals surface area (Å²) in [4.78, 5) is 12.6. The second kappa shape index (κ2) is 6.31. The second-order valence-electron chi connectivity index (χ2n) is 6.31. The van der Waals surface area contributed by atoms with Crippen LogP contribution in [0, 0.1) is 0 Å². The van der Waals surface area contributed by atoms with Crippen LogP contribution in [-0.4, -0.2) is 37.5 Å². The van der Waals surface area contributed by atoms with Crippen molar-refractivity contribution < 1.29 is 4.74 Å². The quantitative estimate of drug-likeness (QED) is 0.498. The first kappa shape index (κ1) is 16.2. The fourth-order valence-corrected chi connectivity index (χ4v) is 3.47. The lowest BCUT2D eigenvalue weighted by atomic mass is 9.92. The van der Waals surface area contributed by atoms with Gasteiger partial charge >= 0.3 is 0 Å². The number of tetrazole rings is 1. The Balaban J connectivity index is 1.81. The lowest BCUT2D eigenvalue weighted by molar-refractivity contribution is 0.415. The average Bonchev–Trinajstić information content (AvgIpc) is 3.22. The minimum absolute atomic E-state index is 0.336. The maximum absolute atomic E-state index is 12.6. The molecule has 9 nitrogen and oxygen atoms in total. The van der Waals surface area contributed by atoms with Crippen LogP contribution < -0.4 is 15.6 Å². The van der Waals surface area contributed by atoms with E-state index in [0.29, 0.717) is 28.6 Å². The molecule has 9 heteroatoms. The van der Waals surface area contributed by atoms with E-state index in [1.54, 1.807) is 11.8 Å². The van der Waals surface area contributed by atoms with Gasteiger partial charge in [0.05, 0.1) is 12.8 Å². The third kappa shape index (κ3) is 2.44. The molecule has 3 heterocycles. The van der Waals surface area contributed by atoms with Crippen LogP contribution in [0.15, 0.2) is 59.4 Å². The van der Waals surface area contributed by atoms with Crippen molar-refractivity contribution in [2.75, 3.05) is 12.4 Å². The van der Waals surface area contributed by atoms with E-state index in [1.165, 1.54) is 0 Å². The van der Waals surface area contributed by atoms with Gasteiger partial charge in [0.2, 0.25) is 5.95 Å². The molecule has 1 aliphatic rings. The van der Waals surface area contributed by atoms with Crippen LogP contribution in [0.5, 0.6) is 5.75 Å². The van der Waals surface area contributed by atoms with Crippen molar-refractivity contribution in [3.63, 3.8) is 0 Å². The summed E-state index contributed by atoms with van der Waals surface area (Å²) < 4.78 is 7.00. The number of hydrogen-bond donors (Lipinski definition) is 2.